The first-order chi connectivity index (χ1) is 8.18. The van der Waals surface area contributed by atoms with Gasteiger partial charge < -0.3 is 25.1 Å². The van der Waals surface area contributed by atoms with Crippen molar-refractivity contribution < 1.29 is 24.1 Å². The molecule has 0 rings (SSSR count). The summed E-state index contributed by atoms with van der Waals surface area (Å²) >= 11 is 3.02. The predicted octanol–water partition coefficient (Wildman–Crippen LogP) is 0.233. The Bertz CT molecular complexity index is 194. The van der Waals surface area contributed by atoms with E-state index in [2.05, 4.69) is 15.9 Å². The Labute approximate surface area is 110 Å². The van der Waals surface area contributed by atoms with Crippen molar-refractivity contribution in [3.63, 3.8) is 0 Å². The van der Waals surface area contributed by atoms with E-state index in [0.717, 1.165) is 0 Å². The van der Waals surface area contributed by atoms with Gasteiger partial charge in [-0.25, -0.2) is 0 Å². The van der Waals surface area contributed by atoms with Gasteiger partial charge in [-0.2, -0.15) is 0 Å². The summed E-state index contributed by atoms with van der Waals surface area (Å²) in [5.74, 6) is -0.873. The van der Waals surface area contributed by atoms with Crippen LogP contribution in [0.15, 0.2) is 0 Å². The van der Waals surface area contributed by atoms with Gasteiger partial charge in [0.05, 0.1) is 33.0 Å². The maximum atomic E-state index is 10.4. The summed E-state index contributed by atoms with van der Waals surface area (Å²) in [4.78, 5) is 9.89. The second kappa shape index (κ2) is 12.3. The average molecular weight is 314 g/mol. The summed E-state index contributed by atoms with van der Waals surface area (Å²) in [5, 5.41) is 8.58. The molecule has 0 aromatic heterocycles. The Morgan fingerprint density at radius 1 is 1.06 bits per heavy atom. The summed E-state index contributed by atoms with van der Waals surface area (Å²) in [6, 6.07) is 0. The van der Waals surface area contributed by atoms with Crippen molar-refractivity contribution in [1.29, 1.82) is 0 Å². The maximum absolute atomic E-state index is 10.4. The molecule has 102 valence electrons. The van der Waals surface area contributed by atoms with Gasteiger partial charge in [-0.05, 0) is 6.42 Å². The van der Waals surface area contributed by atoms with Crippen LogP contribution in [0.4, 0.5) is 0 Å². The highest BCUT2D eigenvalue weighted by atomic mass is 79.9. The van der Waals surface area contributed by atoms with Crippen LogP contribution in [0.25, 0.3) is 0 Å². The highest BCUT2D eigenvalue weighted by molar-refractivity contribution is 9.10. The molecule has 0 saturated heterocycles. The lowest BCUT2D eigenvalue weighted by atomic mass is 10.3. The lowest BCUT2D eigenvalue weighted by molar-refractivity contribution is -0.136. The minimum atomic E-state index is -0.873. The quantitative estimate of drug-likeness (QED) is 0.396. The standard InChI is InChI=1S/C10H20BrNO5/c11-9(10(13)14)1-3-15-5-7-17-8-6-16-4-2-12/h9H,1-8,12H2,(H,13,14). The number of carboxylic acid groups (broad SMARTS) is 1. The molecule has 1 unspecified atom stereocenters. The highest BCUT2D eigenvalue weighted by Crippen LogP contribution is 2.04. The van der Waals surface area contributed by atoms with Crippen molar-refractivity contribution in [3.05, 3.63) is 0 Å². The topological polar surface area (TPSA) is 91.0 Å². The van der Waals surface area contributed by atoms with Gasteiger partial charge in [-0.15, -0.1) is 0 Å². The molecule has 0 spiro atoms. The lowest BCUT2D eigenvalue weighted by Crippen LogP contribution is -2.16. The number of alkyl halides is 1. The van der Waals surface area contributed by atoms with E-state index in [0.29, 0.717) is 52.6 Å². The summed E-state index contributed by atoms with van der Waals surface area (Å²) in [6.07, 6.45) is 0.439. The number of nitrogens with two attached hydrogens (primary N) is 1. The van der Waals surface area contributed by atoms with E-state index < -0.39 is 10.8 Å². The third-order valence-electron chi connectivity index (χ3n) is 1.79. The minimum Gasteiger partial charge on any atom is -0.480 e. The van der Waals surface area contributed by atoms with Gasteiger partial charge in [0.1, 0.15) is 4.83 Å². The summed E-state index contributed by atoms with van der Waals surface area (Å²) in [7, 11) is 0. The number of halogens is 1. The van der Waals surface area contributed by atoms with Gasteiger partial charge in [0.2, 0.25) is 0 Å². The van der Waals surface area contributed by atoms with E-state index in [1.54, 1.807) is 0 Å². The van der Waals surface area contributed by atoms with Crippen LogP contribution >= 0.6 is 15.9 Å². The van der Waals surface area contributed by atoms with Crippen LogP contribution in [0, 0.1) is 0 Å². The second-order valence-corrected chi connectivity index (χ2v) is 4.33. The van der Waals surface area contributed by atoms with Crippen molar-refractivity contribution in [2.45, 2.75) is 11.2 Å². The van der Waals surface area contributed by atoms with Crippen molar-refractivity contribution in [2.24, 2.45) is 5.73 Å². The fourth-order valence-corrected chi connectivity index (χ4v) is 1.12. The molecule has 0 aliphatic heterocycles. The number of rotatable bonds is 12. The molecule has 0 aromatic carbocycles. The van der Waals surface area contributed by atoms with Gasteiger partial charge in [0.15, 0.2) is 0 Å². The summed E-state index contributed by atoms with van der Waals surface area (Å²) < 4.78 is 15.5. The van der Waals surface area contributed by atoms with Crippen LogP contribution in [0.5, 0.6) is 0 Å². The zero-order valence-electron chi connectivity index (χ0n) is 9.77. The number of carbonyl (C=O) groups is 1. The highest BCUT2D eigenvalue weighted by Gasteiger charge is 2.11. The molecule has 17 heavy (non-hydrogen) atoms. The van der Waals surface area contributed by atoms with E-state index in [1.165, 1.54) is 0 Å². The maximum Gasteiger partial charge on any atom is 0.317 e. The molecule has 6 nitrogen and oxygen atoms in total. The molecule has 0 saturated carbocycles. The lowest BCUT2D eigenvalue weighted by Gasteiger charge is -2.07. The predicted molar refractivity (Wildman–Crippen MR) is 66.5 cm³/mol. The molecule has 0 aliphatic rings. The van der Waals surface area contributed by atoms with Crippen molar-refractivity contribution in [1.82, 2.24) is 0 Å². The van der Waals surface area contributed by atoms with Gasteiger partial charge in [-0.1, -0.05) is 15.9 Å². The number of hydrogen-bond donors (Lipinski definition) is 2. The van der Waals surface area contributed by atoms with Crippen molar-refractivity contribution in [2.75, 3.05) is 46.2 Å². The van der Waals surface area contributed by atoms with Gasteiger partial charge >= 0.3 is 5.97 Å². The van der Waals surface area contributed by atoms with Crippen molar-refractivity contribution >= 4 is 21.9 Å². The smallest absolute Gasteiger partial charge is 0.317 e. The number of hydrogen-bond acceptors (Lipinski definition) is 5. The van der Waals surface area contributed by atoms with Crippen LogP contribution in [-0.4, -0.2) is 62.1 Å². The van der Waals surface area contributed by atoms with E-state index >= 15 is 0 Å². The van der Waals surface area contributed by atoms with E-state index in [4.69, 9.17) is 25.1 Å². The Kier molecular flexibility index (Phi) is 12.1. The SMILES string of the molecule is NCCOCCOCCOCCC(Br)C(=O)O. The van der Waals surface area contributed by atoms with Crippen LogP contribution in [-0.2, 0) is 19.0 Å². The second-order valence-electron chi connectivity index (χ2n) is 3.22. The third kappa shape index (κ3) is 12.0. The van der Waals surface area contributed by atoms with E-state index in [9.17, 15) is 4.79 Å². The van der Waals surface area contributed by atoms with Gasteiger partial charge in [0.25, 0.3) is 0 Å². The zero-order valence-corrected chi connectivity index (χ0v) is 11.4. The van der Waals surface area contributed by atoms with Crippen LogP contribution in [0.3, 0.4) is 0 Å². The van der Waals surface area contributed by atoms with Crippen molar-refractivity contribution in [3.8, 4) is 0 Å². The third-order valence-corrected chi connectivity index (χ3v) is 2.64. The molecular formula is C10H20BrNO5. The summed E-state index contributed by atoms with van der Waals surface area (Å²) in [6.45, 7) is 3.43. The average Bonchev–Trinajstić information content (AvgIpc) is 2.31. The minimum absolute atomic E-state index is 0.398. The van der Waals surface area contributed by atoms with Gasteiger partial charge in [-0.3, -0.25) is 4.79 Å². The van der Waals surface area contributed by atoms with E-state index in [1.807, 2.05) is 0 Å². The first-order valence-corrected chi connectivity index (χ1v) is 6.40. The molecular weight excluding hydrogens is 294 g/mol. The monoisotopic (exact) mass is 313 g/mol. The fourth-order valence-electron chi connectivity index (χ4n) is 0.935. The van der Waals surface area contributed by atoms with Gasteiger partial charge in [0, 0.05) is 13.2 Å². The molecule has 0 fully saturated rings. The van der Waals surface area contributed by atoms with Crippen LogP contribution in [0.1, 0.15) is 6.42 Å². The fraction of sp³-hybridized carbons (Fsp3) is 0.900. The van der Waals surface area contributed by atoms with Crippen LogP contribution in [0.2, 0.25) is 0 Å². The number of carboxylic acids is 1. The Morgan fingerprint density at radius 3 is 2.00 bits per heavy atom. The normalized spacial score (nSPS) is 12.6. The molecule has 3 N–H and O–H groups in total. The Morgan fingerprint density at radius 2 is 1.53 bits per heavy atom. The first kappa shape index (κ1) is 16.8. The molecule has 0 aliphatic carbocycles. The molecule has 1 atom stereocenters. The molecule has 0 bridgehead atoms. The molecule has 0 amide bonds. The largest absolute Gasteiger partial charge is 0.480 e. The Balaban J connectivity index is 3.06. The Hall–Kier alpha value is -0.210. The van der Waals surface area contributed by atoms with E-state index in [-0.39, 0.29) is 0 Å². The number of aliphatic carboxylic acids is 1. The van der Waals surface area contributed by atoms with Crippen LogP contribution < -0.4 is 5.73 Å². The molecule has 0 radical (unpaired) electrons. The number of ether oxygens (including phenoxy) is 3. The zero-order chi connectivity index (χ0) is 12.9. The molecule has 7 heteroatoms. The molecule has 0 heterocycles. The first-order valence-electron chi connectivity index (χ1n) is 5.48. The molecule has 0 aromatic rings. The summed E-state index contributed by atoms with van der Waals surface area (Å²) in [5.41, 5.74) is 5.24.